The standard InChI is InChI=1S/C25H29NO5/c1-16(27)30-23-20-15-19(17-9-5-3-6-10-17)13-14-21(20)31-25(29-2)22(23)26-24(28)18-11-7-4-8-12-18/h3-12,19-23,25H,13-15H2,1-2H3,(H,26,28)/t19-,20-,21+,22-,23-,25+/m0/s1. The predicted octanol–water partition coefficient (Wildman–Crippen LogP) is 3.67. The van der Waals surface area contributed by atoms with Gasteiger partial charge in [0.25, 0.3) is 5.91 Å². The minimum absolute atomic E-state index is 0.0321. The average molecular weight is 424 g/mol. The normalized spacial score (nSPS) is 30.1. The molecule has 0 bridgehead atoms. The van der Waals surface area contributed by atoms with Crippen molar-refractivity contribution in [1.82, 2.24) is 5.32 Å². The molecule has 0 radical (unpaired) electrons. The van der Waals surface area contributed by atoms with Gasteiger partial charge in [-0.3, -0.25) is 9.59 Å². The van der Waals surface area contributed by atoms with Crippen LogP contribution in [-0.2, 0) is 19.0 Å². The summed E-state index contributed by atoms with van der Waals surface area (Å²) in [6.45, 7) is 1.40. The highest BCUT2D eigenvalue weighted by molar-refractivity contribution is 5.94. The molecule has 4 rings (SSSR count). The van der Waals surface area contributed by atoms with Crippen LogP contribution >= 0.6 is 0 Å². The third-order valence-electron chi connectivity index (χ3n) is 6.35. The van der Waals surface area contributed by atoms with Gasteiger partial charge >= 0.3 is 5.97 Å². The molecule has 31 heavy (non-hydrogen) atoms. The van der Waals surface area contributed by atoms with Crippen LogP contribution in [0.4, 0.5) is 0 Å². The third kappa shape index (κ3) is 4.81. The maximum Gasteiger partial charge on any atom is 0.302 e. The lowest BCUT2D eigenvalue weighted by Crippen LogP contribution is -2.63. The summed E-state index contributed by atoms with van der Waals surface area (Å²) in [4.78, 5) is 24.9. The summed E-state index contributed by atoms with van der Waals surface area (Å²) in [5.41, 5.74) is 1.81. The Balaban J connectivity index is 1.60. The molecule has 6 nitrogen and oxygen atoms in total. The number of ether oxygens (including phenoxy) is 3. The van der Waals surface area contributed by atoms with Crippen LogP contribution in [0.25, 0.3) is 0 Å². The van der Waals surface area contributed by atoms with Crippen molar-refractivity contribution in [3.63, 3.8) is 0 Å². The van der Waals surface area contributed by atoms with Crippen LogP contribution in [0.5, 0.6) is 0 Å². The second-order valence-corrected chi connectivity index (χ2v) is 8.30. The minimum atomic E-state index is -0.688. The van der Waals surface area contributed by atoms with Gasteiger partial charge in [0.1, 0.15) is 12.1 Å². The van der Waals surface area contributed by atoms with Crippen molar-refractivity contribution in [3.8, 4) is 0 Å². The Morgan fingerprint density at radius 1 is 1.00 bits per heavy atom. The van der Waals surface area contributed by atoms with Crippen LogP contribution in [-0.4, -0.2) is 43.5 Å². The van der Waals surface area contributed by atoms with Gasteiger partial charge in [0.05, 0.1) is 6.10 Å². The zero-order chi connectivity index (χ0) is 21.8. The Morgan fingerprint density at radius 2 is 1.68 bits per heavy atom. The molecule has 0 unspecified atom stereocenters. The molecule has 1 saturated carbocycles. The van der Waals surface area contributed by atoms with Crippen LogP contribution in [0.2, 0.25) is 0 Å². The molecule has 1 N–H and O–H groups in total. The SMILES string of the molecule is CO[C@@H]1O[C@@H]2CC[C@H](c3ccccc3)C[C@@H]2[C@H](OC(C)=O)[C@@H]1NC(=O)c1ccccc1. The van der Waals surface area contributed by atoms with Crippen molar-refractivity contribution >= 4 is 11.9 Å². The topological polar surface area (TPSA) is 73.9 Å². The maximum absolute atomic E-state index is 12.9. The molecule has 164 valence electrons. The highest BCUT2D eigenvalue weighted by Crippen LogP contribution is 2.44. The van der Waals surface area contributed by atoms with Crippen LogP contribution < -0.4 is 5.32 Å². The number of nitrogens with one attached hydrogen (secondary N) is 1. The smallest absolute Gasteiger partial charge is 0.302 e. The van der Waals surface area contributed by atoms with Crippen molar-refractivity contribution in [2.75, 3.05) is 7.11 Å². The zero-order valence-electron chi connectivity index (χ0n) is 17.9. The number of carbonyl (C=O) groups is 2. The monoisotopic (exact) mass is 423 g/mol. The number of rotatable bonds is 5. The Bertz CT molecular complexity index is 887. The first-order valence-corrected chi connectivity index (χ1v) is 10.8. The van der Waals surface area contributed by atoms with E-state index >= 15 is 0 Å². The van der Waals surface area contributed by atoms with Gasteiger partial charge < -0.3 is 19.5 Å². The number of fused-ring (bicyclic) bond motifs is 1. The van der Waals surface area contributed by atoms with E-state index in [2.05, 4.69) is 17.4 Å². The molecule has 6 heteroatoms. The molecule has 0 aromatic heterocycles. The number of amides is 1. The quantitative estimate of drug-likeness (QED) is 0.743. The summed E-state index contributed by atoms with van der Waals surface area (Å²) < 4.78 is 17.7. The fourth-order valence-corrected chi connectivity index (χ4v) is 4.93. The van der Waals surface area contributed by atoms with Crippen molar-refractivity contribution in [1.29, 1.82) is 0 Å². The van der Waals surface area contributed by atoms with E-state index < -0.39 is 18.4 Å². The fraction of sp³-hybridized carbons (Fsp3) is 0.440. The fourth-order valence-electron chi connectivity index (χ4n) is 4.93. The zero-order valence-corrected chi connectivity index (χ0v) is 17.9. The number of hydrogen-bond acceptors (Lipinski definition) is 5. The van der Waals surface area contributed by atoms with Gasteiger partial charge in [-0.1, -0.05) is 48.5 Å². The lowest BCUT2D eigenvalue weighted by atomic mass is 9.71. The highest BCUT2D eigenvalue weighted by atomic mass is 16.7. The second-order valence-electron chi connectivity index (χ2n) is 8.30. The van der Waals surface area contributed by atoms with E-state index in [0.717, 1.165) is 19.3 Å². The Labute approximate surface area is 182 Å². The maximum atomic E-state index is 12.9. The third-order valence-corrected chi connectivity index (χ3v) is 6.35. The van der Waals surface area contributed by atoms with Gasteiger partial charge in [-0.15, -0.1) is 0 Å². The summed E-state index contributed by atoms with van der Waals surface area (Å²) in [7, 11) is 1.55. The number of methoxy groups -OCH3 is 1. The summed E-state index contributed by atoms with van der Waals surface area (Å²) >= 11 is 0. The molecule has 6 atom stereocenters. The lowest BCUT2D eigenvalue weighted by Gasteiger charge is -2.49. The van der Waals surface area contributed by atoms with Crippen LogP contribution in [0, 0.1) is 5.92 Å². The van der Waals surface area contributed by atoms with E-state index in [4.69, 9.17) is 14.2 Å². The first-order chi connectivity index (χ1) is 15.1. The van der Waals surface area contributed by atoms with E-state index in [1.165, 1.54) is 12.5 Å². The van der Waals surface area contributed by atoms with Crippen molar-refractivity contribution in [3.05, 3.63) is 71.8 Å². The van der Waals surface area contributed by atoms with Gasteiger partial charge in [0, 0.05) is 25.5 Å². The van der Waals surface area contributed by atoms with E-state index in [0.29, 0.717) is 11.5 Å². The molecular weight excluding hydrogens is 394 g/mol. The molecule has 1 saturated heterocycles. The van der Waals surface area contributed by atoms with Gasteiger partial charge in [-0.25, -0.2) is 0 Å². The van der Waals surface area contributed by atoms with Gasteiger partial charge in [0.2, 0.25) is 0 Å². The summed E-state index contributed by atoms with van der Waals surface area (Å²) in [6.07, 6.45) is 1.36. The van der Waals surface area contributed by atoms with Crippen molar-refractivity contribution in [2.45, 2.75) is 56.6 Å². The van der Waals surface area contributed by atoms with E-state index in [-0.39, 0.29) is 23.9 Å². The number of benzene rings is 2. The first kappa shape index (κ1) is 21.5. The number of esters is 1. The summed E-state index contributed by atoms with van der Waals surface area (Å²) in [5.74, 6) is -0.299. The molecule has 1 heterocycles. The number of carbonyl (C=O) groups excluding carboxylic acids is 2. The van der Waals surface area contributed by atoms with Gasteiger partial charge in [-0.05, 0) is 42.9 Å². The molecule has 1 amide bonds. The lowest BCUT2D eigenvalue weighted by molar-refractivity contribution is -0.253. The molecule has 2 aromatic carbocycles. The molecular formula is C25H29NO5. The van der Waals surface area contributed by atoms with E-state index in [1.54, 1.807) is 19.2 Å². The second kappa shape index (κ2) is 9.62. The summed E-state index contributed by atoms with van der Waals surface area (Å²) in [5, 5.41) is 3.01. The Morgan fingerprint density at radius 3 is 2.32 bits per heavy atom. The molecule has 1 aliphatic heterocycles. The predicted molar refractivity (Wildman–Crippen MR) is 115 cm³/mol. The molecule has 1 aliphatic carbocycles. The minimum Gasteiger partial charge on any atom is -0.460 e. The largest absolute Gasteiger partial charge is 0.460 e. The Kier molecular flexibility index (Phi) is 6.68. The van der Waals surface area contributed by atoms with E-state index in [9.17, 15) is 9.59 Å². The molecule has 2 aliphatic rings. The first-order valence-electron chi connectivity index (χ1n) is 10.8. The average Bonchev–Trinajstić information content (AvgIpc) is 2.80. The molecule has 0 spiro atoms. The Hall–Kier alpha value is -2.70. The van der Waals surface area contributed by atoms with Crippen molar-refractivity contribution < 1.29 is 23.8 Å². The van der Waals surface area contributed by atoms with Crippen LogP contribution in [0.1, 0.15) is 48.0 Å². The number of hydrogen-bond donors (Lipinski definition) is 1. The van der Waals surface area contributed by atoms with Crippen LogP contribution in [0.15, 0.2) is 60.7 Å². The molecule has 2 aromatic rings. The van der Waals surface area contributed by atoms with E-state index in [1.807, 2.05) is 36.4 Å². The summed E-state index contributed by atoms with van der Waals surface area (Å²) in [6, 6.07) is 18.8. The van der Waals surface area contributed by atoms with Gasteiger partial charge in [-0.2, -0.15) is 0 Å². The van der Waals surface area contributed by atoms with Crippen molar-refractivity contribution in [2.24, 2.45) is 5.92 Å². The van der Waals surface area contributed by atoms with Gasteiger partial charge in [0.15, 0.2) is 6.29 Å². The molecule has 2 fully saturated rings. The van der Waals surface area contributed by atoms with Crippen LogP contribution in [0.3, 0.4) is 0 Å². The highest BCUT2D eigenvalue weighted by Gasteiger charge is 2.50.